The third kappa shape index (κ3) is 2.96. The van der Waals surface area contributed by atoms with E-state index >= 15 is 0 Å². The maximum absolute atomic E-state index is 12.0. The standard InChI is InChI=1S/C17H16F2O2/c18-17(19)10-21-9-16(20)12-5-6-15-13(8-12)7-11-3-1-2-4-14(11)15/h1-6,8,16-17,20H,7,9-10H2. The lowest BCUT2D eigenvalue weighted by Gasteiger charge is -2.13. The fourth-order valence-corrected chi connectivity index (χ4v) is 2.74. The molecule has 2 aromatic carbocycles. The van der Waals surface area contributed by atoms with Gasteiger partial charge in [-0.2, -0.15) is 0 Å². The van der Waals surface area contributed by atoms with E-state index in [-0.39, 0.29) is 6.61 Å². The molecule has 110 valence electrons. The average Bonchev–Trinajstić information content (AvgIpc) is 2.84. The number of hydrogen-bond donors (Lipinski definition) is 1. The minimum atomic E-state index is -2.51. The molecule has 3 rings (SSSR count). The van der Waals surface area contributed by atoms with Gasteiger partial charge in [0.2, 0.25) is 0 Å². The molecule has 0 radical (unpaired) electrons. The number of halogens is 2. The highest BCUT2D eigenvalue weighted by atomic mass is 19.3. The van der Waals surface area contributed by atoms with Crippen LogP contribution in [0.4, 0.5) is 8.78 Å². The first-order valence-electron chi connectivity index (χ1n) is 6.90. The van der Waals surface area contributed by atoms with Crippen molar-refractivity contribution in [2.24, 2.45) is 0 Å². The second-order valence-corrected chi connectivity index (χ2v) is 5.19. The summed E-state index contributed by atoms with van der Waals surface area (Å²) in [5.74, 6) is 0. The first kappa shape index (κ1) is 14.2. The molecule has 0 aromatic heterocycles. The van der Waals surface area contributed by atoms with Gasteiger partial charge in [-0.25, -0.2) is 8.78 Å². The van der Waals surface area contributed by atoms with Gasteiger partial charge >= 0.3 is 0 Å². The van der Waals surface area contributed by atoms with Crippen molar-refractivity contribution in [1.29, 1.82) is 0 Å². The van der Waals surface area contributed by atoms with Crippen LogP contribution in [0.25, 0.3) is 11.1 Å². The van der Waals surface area contributed by atoms with Gasteiger partial charge in [0.15, 0.2) is 0 Å². The summed E-state index contributed by atoms with van der Waals surface area (Å²) in [5, 5.41) is 10.0. The number of aliphatic hydroxyl groups is 1. The highest BCUT2D eigenvalue weighted by molar-refractivity contribution is 5.76. The van der Waals surface area contributed by atoms with E-state index in [4.69, 9.17) is 4.74 Å². The Kier molecular flexibility index (Phi) is 3.99. The molecule has 0 bridgehead atoms. The van der Waals surface area contributed by atoms with Crippen molar-refractivity contribution >= 4 is 0 Å². The Morgan fingerprint density at radius 1 is 1.00 bits per heavy atom. The second-order valence-electron chi connectivity index (χ2n) is 5.19. The SMILES string of the molecule is OC(COCC(F)F)c1ccc2c(c1)Cc1ccccc1-2. The van der Waals surface area contributed by atoms with Crippen molar-refractivity contribution in [3.05, 3.63) is 59.2 Å². The highest BCUT2D eigenvalue weighted by Crippen LogP contribution is 2.37. The molecule has 0 aliphatic heterocycles. The molecule has 2 aromatic rings. The van der Waals surface area contributed by atoms with Crippen LogP contribution in [-0.4, -0.2) is 24.7 Å². The molecule has 1 unspecified atom stereocenters. The normalized spacial score (nSPS) is 14.1. The van der Waals surface area contributed by atoms with E-state index in [0.29, 0.717) is 5.56 Å². The Morgan fingerprint density at radius 2 is 1.76 bits per heavy atom. The maximum atomic E-state index is 12.0. The van der Waals surface area contributed by atoms with Gasteiger partial charge in [0.25, 0.3) is 6.43 Å². The Hall–Kier alpha value is -1.78. The molecule has 1 atom stereocenters. The van der Waals surface area contributed by atoms with Crippen LogP contribution >= 0.6 is 0 Å². The second kappa shape index (κ2) is 5.92. The molecule has 21 heavy (non-hydrogen) atoms. The third-order valence-corrected chi connectivity index (χ3v) is 3.72. The molecule has 0 spiro atoms. The lowest BCUT2D eigenvalue weighted by atomic mass is 10.0. The van der Waals surface area contributed by atoms with Crippen LogP contribution in [0.5, 0.6) is 0 Å². The van der Waals surface area contributed by atoms with E-state index in [9.17, 15) is 13.9 Å². The molecule has 0 amide bonds. The average molecular weight is 290 g/mol. The molecule has 2 nitrogen and oxygen atoms in total. The number of benzene rings is 2. The molecule has 0 heterocycles. The zero-order chi connectivity index (χ0) is 14.8. The number of hydrogen-bond acceptors (Lipinski definition) is 2. The van der Waals surface area contributed by atoms with Crippen molar-refractivity contribution in [3.8, 4) is 11.1 Å². The minimum absolute atomic E-state index is 0.115. The summed E-state index contributed by atoms with van der Waals surface area (Å²) in [7, 11) is 0. The van der Waals surface area contributed by atoms with Crippen LogP contribution in [0.15, 0.2) is 42.5 Å². The molecule has 1 N–H and O–H groups in total. The summed E-state index contributed by atoms with van der Waals surface area (Å²) >= 11 is 0. The van der Waals surface area contributed by atoms with Crippen molar-refractivity contribution in [2.45, 2.75) is 19.0 Å². The van der Waals surface area contributed by atoms with E-state index in [2.05, 4.69) is 12.1 Å². The molecule has 0 fully saturated rings. The number of alkyl halides is 2. The molecule has 1 aliphatic rings. The maximum Gasteiger partial charge on any atom is 0.261 e. The van der Waals surface area contributed by atoms with Gasteiger partial charge in [0.05, 0.1) is 6.61 Å². The summed E-state index contributed by atoms with van der Waals surface area (Å²) in [4.78, 5) is 0. The Labute approximate surface area is 122 Å². The van der Waals surface area contributed by atoms with E-state index < -0.39 is 19.1 Å². The third-order valence-electron chi connectivity index (χ3n) is 3.72. The lowest BCUT2D eigenvalue weighted by Crippen LogP contribution is -2.12. The summed E-state index contributed by atoms with van der Waals surface area (Å²) < 4.78 is 28.8. The topological polar surface area (TPSA) is 29.5 Å². The molecular formula is C17H16F2O2. The van der Waals surface area contributed by atoms with Crippen LogP contribution in [0, 0.1) is 0 Å². The quantitative estimate of drug-likeness (QED) is 0.778. The largest absolute Gasteiger partial charge is 0.386 e. The Bertz CT molecular complexity index is 640. The van der Waals surface area contributed by atoms with Crippen LogP contribution in [0.1, 0.15) is 22.8 Å². The van der Waals surface area contributed by atoms with Gasteiger partial charge in [-0.1, -0.05) is 42.5 Å². The van der Waals surface area contributed by atoms with Gasteiger partial charge in [-0.3, -0.25) is 0 Å². The predicted octanol–water partition coefficient (Wildman–Crippen LogP) is 3.57. The van der Waals surface area contributed by atoms with E-state index in [1.165, 1.54) is 16.7 Å². The Morgan fingerprint density at radius 3 is 2.57 bits per heavy atom. The Balaban J connectivity index is 1.74. The molecule has 1 aliphatic carbocycles. The monoisotopic (exact) mass is 290 g/mol. The smallest absolute Gasteiger partial charge is 0.261 e. The zero-order valence-corrected chi connectivity index (χ0v) is 11.4. The minimum Gasteiger partial charge on any atom is -0.386 e. The number of ether oxygens (including phenoxy) is 1. The van der Waals surface area contributed by atoms with E-state index in [1.807, 2.05) is 30.3 Å². The molecule has 0 saturated heterocycles. The summed E-state index contributed by atoms with van der Waals surface area (Å²) in [5.41, 5.74) is 5.53. The summed E-state index contributed by atoms with van der Waals surface area (Å²) in [6.07, 6.45) is -2.55. The summed E-state index contributed by atoms with van der Waals surface area (Å²) in [6.45, 7) is -0.760. The summed E-state index contributed by atoms with van der Waals surface area (Å²) in [6, 6.07) is 13.9. The van der Waals surface area contributed by atoms with Crippen molar-refractivity contribution in [2.75, 3.05) is 13.2 Å². The van der Waals surface area contributed by atoms with Gasteiger partial charge in [-0.15, -0.1) is 0 Å². The van der Waals surface area contributed by atoms with Crippen LogP contribution < -0.4 is 0 Å². The number of aliphatic hydroxyl groups excluding tert-OH is 1. The van der Waals surface area contributed by atoms with Gasteiger partial charge in [-0.05, 0) is 34.2 Å². The fraction of sp³-hybridized carbons (Fsp3) is 0.294. The van der Waals surface area contributed by atoms with Crippen LogP contribution in [0.2, 0.25) is 0 Å². The highest BCUT2D eigenvalue weighted by Gasteiger charge is 2.19. The molecular weight excluding hydrogens is 274 g/mol. The van der Waals surface area contributed by atoms with E-state index in [0.717, 1.165) is 12.0 Å². The van der Waals surface area contributed by atoms with Gasteiger partial charge in [0.1, 0.15) is 12.7 Å². The first-order chi connectivity index (χ1) is 10.1. The van der Waals surface area contributed by atoms with E-state index in [1.54, 1.807) is 0 Å². The molecule has 0 saturated carbocycles. The lowest BCUT2D eigenvalue weighted by molar-refractivity contribution is -0.0204. The van der Waals surface area contributed by atoms with Crippen molar-refractivity contribution < 1.29 is 18.6 Å². The molecule has 4 heteroatoms. The van der Waals surface area contributed by atoms with Gasteiger partial charge < -0.3 is 9.84 Å². The van der Waals surface area contributed by atoms with Crippen molar-refractivity contribution in [3.63, 3.8) is 0 Å². The predicted molar refractivity (Wildman–Crippen MR) is 76.5 cm³/mol. The van der Waals surface area contributed by atoms with Crippen molar-refractivity contribution in [1.82, 2.24) is 0 Å². The first-order valence-corrected chi connectivity index (χ1v) is 6.90. The fourth-order valence-electron chi connectivity index (χ4n) is 2.74. The zero-order valence-electron chi connectivity index (χ0n) is 11.4. The van der Waals surface area contributed by atoms with Gasteiger partial charge in [0, 0.05) is 0 Å². The van der Waals surface area contributed by atoms with Crippen LogP contribution in [-0.2, 0) is 11.2 Å². The number of fused-ring (bicyclic) bond motifs is 3. The number of rotatable bonds is 5. The van der Waals surface area contributed by atoms with Crippen LogP contribution in [0.3, 0.4) is 0 Å².